The molecule has 0 atom stereocenters. The van der Waals surface area contributed by atoms with E-state index in [1.807, 2.05) is 18.2 Å². The van der Waals surface area contributed by atoms with E-state index in [-0.39, 0.29) is 12.2 Å². The van der Waals surface area contributed by atoms with Gasteiger partial charge in [-0.25, -0.2) is 0 Å². The van der Waals surface area contributed by atoms with Crippen molar-refractivity contribution in [1.82, 2.24) is 4.98 Å². The molecule has 0 fully saturated rings. The van der Waals surface area contributed by atoms with Crippen molar-refractivity contribution in [1.29, 1.82) is 0 Å². The zero-order valence-corrected chi connectivity index (χ0v) is 10.2. The fraction of sp³-hybridized carbons (Fsp3) is 0.0769. The molecule has 0 aliphatic rings. The summed E-state index contributed by atoms with van der Waals surface area (Å²) in [6.45, 7) is 0.267. The first-order chi connectivity index (χ1) is 8.66. The lowest BCUT2D eigenvalue weighted by atomic mass is 10.2. The minimum Gasteiger partial charge on any atom is -0.486 e. The van der Waals surface area contributed by atoms with E-state index in [9.17, 15) is 4.79 Å². The number of pyridine rings is 1. The third kappa shape index (κ3) is 2.99. The van der Waals surface area contributed by atoms with Crippen LogP contribution in [0.1, 0.15) is 16.1 Å². The smallest absolute Gasteiger partial charge is 0.252 e. The highest BCUT2D eigenvalue weighted by Crippen LogP contribution is 2.23. The molecule has 1 amide bonds. The number of aromatic nitrogens is 1. The van der Waals surface area contributed by atoms with Crippen LogP contribution in [-0.4, -0.2) is 10.9 Å². The van der Waals surface area contributed by atoms with Gasteiger partial charge in [0.15, 0.2) is 0 Å². The van der Waals surface area contributed by atoms with Gasteiger partial charge in [0.05, 0.1) is 11.3 Å². The molecule has 0 radical (unpaired) electrons. The van der Waals surface area contributed by atoms with Gasteiger partial charge in [0.25, 0.3) is 5.91 Å². The Morgan fingerprint density at radius 1 is 1.33 bits per heavy atom. The molecule has 0 unspecified atom stereocenters. The number of nitrogens with two attached hydrogens (primary N) is 1. The number of nitrogens with zero attached hydrogens (tertiary/aromatic N) is 1. The minimum atomic E-state index is -0.575. The predicted molar refractivity (Wildman–Crippen MR) is 68.5 cm³/mol. The number of hydrogen-bond acceptors (Lipinski definition) is 3. The van der Waals surface area contributed by atoms with Crippen molar-refractivity contribution in [2.24, 2.45) is 5.73 Å². The highest BCUT2D eigenvalue weighted by atomic mass is 35.5. The normalized spacial score (nSPS) is 10.1. The topological polar surface area (TPSA) is 65.2 Å². The van der Waals surface area contributed by atoms with Gasteiger partial charge in [-0.15, -0.1) is 0 Å². The molecule has 18 heavy (non-hydrogen) atoms. The molecule has 0 saturated heterocycles. The van der Waals surface area contributed by atoms with Crippen molar-refractivity contribution in [3.05, 3.63) is 58.9 Å². The molecule has 2 N–H and O–H groups in total. The Morgan fingerprint density at radius 3 is 2.83 bits per heavy atom. The number of carbonyl (C=O) groups excluding carboxylic acids is 1. The van der Waals surface area contributed by atoms with Crippen molar-refractivity contribution >= 4 is 17.5 Å². The molecule has 1 aromatic heterocycles. The predicted octanol–water partition coefficient (Wildman–Crippen LogP) is 2.41. The number of ether oxygens (including phenoxy) is 1. The van der Waals surface area contributed by atoms with Crippen LogP contribution in [0.3, 0.4) is 0 Å². The van der Waals surface area contributed by atoms with Gasteiger partial charge in [-0.2, -0.15) is 0 Å². The number of primary amides is 1. The molecule has 1 aromatic carbocycles. The summed E-state index contributed by atoms with van der Waals surface area (Å²) in [4.78, 5) is 15.4. The summed E-state index contributed by atoms with van der Waals surface area (Å²) < 4.78 is 5.52. The van der Waals surface area contributed by atoms with Crippen molar-refractivity contribution < 1.29 is 9.53 Å². The summed E-state index contributed by atoms with van der Waals surface area (Å²) in [5.41, 5.74) is 6.29. The molecule has 1 heterocycles. The van der Waals surface area contributed by atoms with Crippen LogP contribution in [0.25, 0.3) is 0 Å². The molecule has 2 aromatic rings. The van der Waals surface area contributed by atoms with Gasteiger partial charge in [-0.3, -0.25) is 9.78 Å². The van der Waals surface area contributed by atoms with E-state index < -0.39 is 5.91 Å². The van der Waals surface area contributed by atoms with Crippen LogP contribution in [-0.2, 0) is 6.61 Å². The van der Waals surface area contributed by atoms with Gasteiger partial charge in [-0.1, -0.05) is 17.7 Å². The van der Waals surface area contributed by atoms with Gasteiger partial charge >= 0.3 is 0 Å². The number of hydrogen-bond donors (Lipinski definition) is 1. The van der Waals surface area contributed by atoms with E-state index in [2.05, 4.69) is 4.98 Å². The molecule has 4 nitrogen and oxygen atoms in total. The molecule has 92 valence electrons. The zero-order chi connectivity index (χ0) is 13.0. The van der Waals surface area contributed by atoms with Crippen LogP contribution < -0.4 is 10.5 Å². The Hall–Kier alpha value is -2.07. The second-order valence-corrected chi connectivity index (χ2v) is 4.05. The van der Waals surface area contributed by atoms with Gasteiger partial charge in [0.2, 0.25) is 0 Å². The van der Waals surface area contributed by atoms with Crippen LogP contribution in [0, 0.1) is 0 Å². The quantitative estimate of drug-likeness (QED) is 0.920. The lowest BCUT2D eigenvalue weighted by Crippen LogP contribution is -2.13. The Morgan fingerprint density at radius 2 is 2.17 bits per heavy atom. The maximum absolute atomic E-state index is 11.3. The van der Waals surface area contributed by atoms with Gasteiger partial charge in [0.1, 0.15) is 12.4 Å². The first-order valence-corrected chi connectivity index (χ1v) is 5.66. The molecule has 0 aliphatic carbocycles. The second-order valence-electron chi connectivity index (χ2n) is 3.61. The maximum atomic E-state index is 11.3. The average Bonchev–Trinajstić information content (AvgIpc) is 2.38. The van der Waals surface area contributed by atoms with Gasteiger partial charge in [0, 0.05) is 11.2 Å². The number of carbonyl (C=O) groups is 1. The number of halogens is 1. The minimum absolute atomic E-state index is 0.262. The van der Waals surface area contributed by atoms with Crippen molar-refractivity contribution in [2.75, 3.05) is 0 Å². The Bertz CT molecular complexity index is 558. The van der Waals surface area contributed by atoms with Crippen molar-refractivity contribution in [2.45, 2.75) is 6.61 Å². The van der Waals surface area contributed by atoms with E-state index in [4.69, 9.17) is 22.1 Å². The van der Waals surface area contributed by atoms with Crippen LogP contribution >= 0.6 is 11.6 Å². The molecule has 2 rings (SSSR count). The summed E-state index contributed by atoms with van der Waals surface area (Å²) in [5, 5.41) is 0.439. The molecule has 0 saturated carbocycles. The first kappa shape index (κ1) is 12.4. The Balaban J connectivity index is 2.17. The summed E-state index contributed by atoms with van der Waals surface area (Å²) in [7, 11) is 0. The van der Waals surface area contributed by atoms with E-state index in [1.54, 1.807) is 18.3 Å². The fourth-order valence-corrected chi connectivity index (χ4v) is 1.63. The summed E-state index contributed by atoms with van der Waals surface area (Å²) in [6.07, 6.45) is 1.68. The van der Waals surface area contributed by atoms with Crippen LogP contribution in [0.15, 0.2) is 42.6 Å². The van der Waals surface area contributed by atoms with E-state index in [1.165, 1.54) is 6.07 Å². The lowest BCUT2D eigenvalue weighted by Gasteiger charge is -2.09. The molecule has 0 aliphatic heterocycles. The van der Waals surface area contributed by atoms with Crippen LogP contribution in [0.4, 0.5) is 0 Å². The zero-order valence-electron chi connectivity index (χ0n) is 9.47. The molecule has 0 bridgehead atoms. The third-order valence-corrected chi connectivity index (χ3v) is 2.54. The largest absolute Gasteiger partial charge is 0.486 e. The molecular weight excluding hydrogens is 252 g/mol. The number of benzene rings is 1. The molecule has 0 spiro atoms. The van der Waals surface area contributed by atoms with E-state index >= 15 is 0 Å². The summed E-state index contributed by atoms with van der Waals surface area (Å²) in [5.74, 6) is -0.175. The number of rotatable bonds is 4. The van der Waals surface area contributed by atoms with Gasteiger partial charge in [-0.05, 0) is 30.3 Å². The average molecular weight is 263 g/mol. The fourth-order valence-electron chi connectivity index (χ4n) is 1.46. The lowest BCUT2D eigenvalue weighted by molar-refractivity contribution is 0.0996. The monoisotopic (exact) mass is 262 g/mol. The van der Waals surface area contributed by atoms with Crippen molar-refractivity contribution in [3.63, 3.8) is 0 Å². The number of amides is 1. The first-order valence-electron chi connectivity index (χ1n) is 5.29. The maximum Gasteiger partial charge on any atom is 0.252 e. The Kier molecular flexibility index (Phi) is 3.79. The Labute approximate surface area is 109 Å². The van der Waals surface area contributed by atoms with Crippen LogP contribution in [0.2, 0.25) is 5.02 Å². The summed E-state index contributed by atoms with van der Waals surface area (Å²) in [6, 6.07) is 10.3. The SMILES string of the molecule is NC(=O)c1cc(Cl)ccc1OCc1ccccn1. The standard InChI is InChI=1S/C13H11ClN2O2/c14-9-4-5-12(11(7-9)13(15)17)18-8-10-3-1-2-6-16-10/h1-7H,8H2,(H2,15,17). The van der Waals surface area contributed by atoms with E-state index in [0.29, 0.717) is 10.8 Å². The summed E-state index contributed by atoms with van der Waals surface area (Å²) >= 11 is 5.80. The second kappa shape index (κ2) is 5.51. The van der Waals surface area contributed by atoms with E-state index in [0.717, 1.165) is 5.69 Å². The van der Waals surface area contributed by atoms with Crippen LogP contribution in [0.5, 0.6) is 5.75 Å². The highest BCUT2D eigenvalue weighted by molar-refractivity contribution is 6.31. The third-order valence-electron chi connectivity index (χ3n) is 2.31. The van der Waals surface area contributed by atoms with Gasteiger partial charge < -0.3 is 10.5 Å². The molecule has 5 heteroatoms. The highest BCUT2D eigenvalue weighted by Gasteiger charge is 2.10. The van der Waals surface area contributed by atoms with Crippen molar-refractivity contribution in [3.8, 4) is 5.75 Å². The molecular formula is C13H11ClN2O2.